The van der Waals surface area contributed by atoms with Crippen molar-refractivity contribution in [2.45, 2.75) is 42.8 Å². The van der Waals surface area contributed by atoms with Crippen molar-refractivity contribution in [3.05, 3.63) is 74.2 Å². The number of amides is 2. The quantitative estimate of drug-likeness (QED) is 0.306. The van der Waals surface area contributed by atoms with Gasteiger partial charge in [0.15, 0.2) is 0 Å². The molecule has 0 saturated heterocycles. The van der Waals surface area contributed by atoms with Crippen LogP contribution >= 0.6 is 27.5 Å². The lowest BCUT2D eigenvalue weighted by atomic mass is 9.96. The Morgan fingerprint density at radius 3 is 2.15 bits per heavy atom. The number of rotatable bonds is 7. The SMILES string of the molecule is O=C(NC1(C(=O)NCC(F)(F)F)CC1)c1ccc(/C=C/C(c2cc(Cl)cc(Br)c2)C(F)(F)F)cc1C(F)(F)F. The molecular weight excluding hydrogens is 635 g/mol. The number of carbonyl (C=O) groups excluding carboxylic acids is 2. The van der Waals surface area contributed by atoms with E-state index in [2.05, 4.69) is 21.2 Å². The van der Waals surface area contributed by atoms with E-state index < -0.39 is 59.5 Å². The first-order valence-electron chi connectivity index (χ1n) is 10.9. The average Bonchev–Trinajstić information content (AvgIpc) is 3.55. The summed E-state index contributed by atoms with van der Waals surface area (Å²) in [7, 11) is 0. The van der Waals surface area contributed by atoms with Crippen LogP contribution in [0.15, 0.2) is 46.9 Å². The second kappa shape index (κ2) is 11.0. The van der Waals surface area contributed by atoms with Crippen LogP contribution in [0.5, 0.6) is 0 Å². The first-order valence-corrected chi connectivity index (χ1v) is 12.1. The van der Waals surface area contributed by atoms with E-state index in [-0.39, 0.29) is 33.5 Å². The van der Waals surface area contributed by atoms with E-state index in [4.69, 9.17) is 11.6 Å². The second-order valence-electron chi connectivity index (χ2n) is 8.72. The average molecular weight is 652 g/mol. The molecule has 3 rings (SSSR count). The molecule has 0 aromatic heterocycles. The molecule has 0 aliphatic heterocycles. The van der Waals surface area contributed by atoms with E-state index in [0.29, 0.717) is 18.2 Å². The monoisotopic (exact) mass is 650 g/mol. The van der Waals surface area contributed by atoms with Gasteiger partial charge in [-0.2, -0.15) is 39.5 Å². The fourth-order valence-electron chi connectivity index (χ4n) is 3.64. The lowest BCUT2D eigenvalue weighted by molar-refractivity contribution is -0.140. The molecule has 1 saturated carbocycles. The molecular formula is C24H17BrClF9N2O2. The van der Waals surface area contributed by atoms with Crippen LogP contribution in [0.2, 0.25) is 5.02 Å². The topological polar surface area (TPSA) is 58.2 Å². The third-order valence-electron chi connectivity index (χ3n) is 5.66. The summed E-state index contributed by atoms with van der Waals surface area (Å²) >= 11 is 8.86. The van der Waals surface area contributed by atoms with Crippen molar-refractivity contribution < 1.29 is 49.1 Å². The van der Waals surface area contributed by atoms with Gasteiger partial charge in [0.2, 0.25) is 5.91 Å². The van der Waals surface area contributed by atoms with Crippen LogP contribution < -0.4 is 10.6 Å². The Hall–Kier alpha value is -2.74. The van der Waals surface area contributed by atoms with Gasteiger partial charge >= 0.3 is 18.5 Å². The molecule has 1 fully saturated rings. The van der Waals surface area contributed by atoms with Crippen LogP contribution in [0.1, 0.15) is 45.8 Å². The van der Waals surface area contributed by atoms with Crippen LogP contribution in [-0.4, -0.2) is 36.3 Å². The van der Waals surface area contributed by atoms with Gasteiger partial charge in [0.05, 0.1) is 17.0 Å². The number of hydrogen-bond donors (Lipinski definition) is 2. The van der Waals surface area contributed by atoms with Crippen molar-refractivity contribution in [3.63, 3.8) is 0 Å². The van der Waals surface area contributed by atoms with Crippen LogP contribution in [0.25, 0.3) is 6.08 Å². The smallest absolute Gasteiger partial charge is 0.345 e. The van der Waals surface area contributed by atoms with Gasteiger partial charge in [-0.1, -0.05) is 45.7 Å². The maximum absolute atomic E-state index is 13.8. The van der Waals surface area contributed by atoms with E-state index >= 15 is 0 Å². The van der Waals surface area contributed by atoms with Gasteiger partial charge in [0, 0.05) is 9.50 Å². The highest BCUT2D eigenvalue weighted by Gasteiger charge is 2.52. The molecule has 15 heteroatoms. The van der Waals surface area contributed by atoms with Gasteiger partial charge < -0.3 is 10.6 Å². The Balaban J connectivity index is 1.89. The van der Waals surface area contributed by atoms with Crippen LogP contribution in [0.3, 0.4) is 0 Å². The van der Waals surface area contributed by atoms with Gasteiger partial charge in [-0.05, 0) is 54.3 Å². The summed E-state index contributed by atoms with van der Waals surface area (Å²) in [4.78, 5) is 24.7. The van der Waals surface area contributed by atoms with E-state index in [1.54, 1.807) is 5.32 Å². The summed E-state index contributed by atoms with van der Waals surface area (Å²) in [5.41, 5.74) is -4.86. The number of alkyl halides is 9. The fraction of sp³-hybridized carbons (Fsp3) is 0.333. The zero-order valence-electron chi connectivity index (χ0n) is 19.3. The van der Waals surface area contributed by atoms with Crippen LogP contribution in [0.4, 0.5) is 39.5 Å². The molecule has 0 spiro atoms. The molecule has 0 bridgehead atoms. The molecule has 1 atom stereocenters. The van der Waals surface area contributed by atoms with E-state index in [1.807, 2.05) is 0 Å². The molecule has 0 radical (unpaired) electrons. The minimum absolute atomic E-state index is 0.00253. The molecule has 1 aliphatic rings. The zero-order chi connectivity index (χ0) is 29.4. The Bertz CT molecular complexity index is 1270. The van der Waals surface area contributed by atoms with Gasteiger partial charge in [0.25, 0.3) is 5.91 Å². The highest BCUT2D eigenvalue weighted by Crippen LogP contribution is 2.40. The first-order chi connectivity index (χ1) is 17.8. The molecule has 1 unspecified atom stereocenters. The fourth-order valence-corrected chi connectivity index (χ4v) is 4.52. The minimum Gasteiger partial charge on any atom is -0.345 e. The Labute approximate surface area is 228 Å². The largest absolute Gasteiger partial charge is 0.417 e. The molecule has 1 aliphatic carbocycles. The normalized spacial score (nSPS) is 16.2. The standard InChI is InChI=1S/C24H17BrClF9N2O2/c25-14-8-13(9-15(26)10-14)17(23(30,31)32)4-2-12-1-3-16(18(7-12)24(33,34)35)19(38)37-21(5-6-21)20(39)36-11-22(27,28)29/h1-4,7-10,17H,5-6,11H2,(H,36,39)(H,37,38)/b4-2+. The summed E-state index contributed by atoms with van der Waals surface area (Å²) in [6.07, 6.45) is -13.4. The van der Waals surface area contributed by atoms with Crippen molar-refractivity contribution >= 4 is 45.4 Å². The highest BCUT2D eigenvalue weighted by atomic mass is 79.9. The highest BCUT2D eigenvalue weighted by molar-refractivity contribution is 9.10. The van der Waals surface area contributed by atoms with Crippen molar-refractivity contribution in [3.8, 4) is 0 Å². The van der Waals surface area contributed by atoms with Crippen molar-refractivity contribution in [1.82, 2.24) is 10.6 Å². The molecule has 2 aromatic carbocycles. The van der Waals surface area contributed by atoms with Gasteiger partial charge in [-0.15, -0.1) is 0 Å². The van der Waals surface area contributed by atoms with Gasteiger partial charge in [-0.3, -0.25) is 9.59 Å². The van der Waals surface area contributed by atoms with E-state index in [9.17, 15) is 49.1 Å². The number of halogens is 11. The Morgan fingerprint density at radius 1 is 1.00 bits per heavy atom. The van der Waals surface area contributed by atoms with Crippen LogP contribution in [0, 0.1) is 0 Å². The predicted molar refractivity (Wildman–Crippen MR) is 127 cm³/mol. The summed E-state index contributed by atoms with van der Waals surface area (Å²) < 4.78 is 120. The van der Waals surface area contributed by atoms with E-state index in [1.165, 1.54) is 6.07 Å². The molecule has 4 nitrogen and oxygen atoms in total. The summed E-state index contributed by atoms with van der Waals surface area (Å²) in [5, 5.41) is 3.63. The van der Waals surface area contributed by atoms with Crippen LogP contribution in [-0.2, 0) is 11.0 Å². The number of benzene rings is 2. The molecule has 0 heterocycles. The molecule has 2 N–H and O–H groups in total. The third-order valence-corrected chi connectivity index (χ3v) is 6.33. The zero-order valence-corrected chi connectivity index (χ0v) is 21.6. The van der Waals surface area contributed by atoms with Gasteiger partial charge in [0.1, 0.15) is 12.1 Å². The predicted octanol–water partition coefficient (Wildman–Crippen LogP) is 7.42. The number of hydrogen-bond acceptors (Lipinski definition) is 2. The van der Waals surface area contributed by atoms with Gasteiger partial charge in [-0.25, -0.2) is 0 Å². The summed E-state index contributed by atoms with van der Waals surface area (Å²) in [6.45, 7) is -1.69. The molecule has 212 valence electrons. The van der Waals surface area contributed by atoms with E-state index in [0.717, 1.165) is 24.3 Å². The van der Waals surface area contributed by atoms with Crippen molar-refractivity contribution in [2.24, 2.45) is 0 Å². The number of carbonyl (C=O) groups is 2. The lowest BCUT2D eigenvalue weighted by Crippen LogP contribution is -2.51. The minimum atomic E-state index is -5.13. The molecule has 2 aromatic rings. The number of nitrogens with one attached hydrogen (secondary N) is 2. The summed E-state index contributed by atoms with van der Waals surface area (Å²) in [6, 6.07) is 5.69. The summed E-state index contributed by atoms with van der Waals surface area (Å²) in [5.74, 6) is -4.81. The van der Waals surface area contributed by atoms with Crippen molar-refractivity contribution in [2.75, 3.05) is 6.54 Å². The van der Waals surface area contributed by atoms with Crippen molar-refractivity contribution in [1.29, 1.82) is 0 Å². The maximum atomic E-state index is 13.8. The lowest BCUT2D eigenvalue weighted by Gasteiger charge is -2.20. The molecule has 39 heavy (non-hydrogen) atoms. The second-order valence-corrected chi connectivity index (χ2v) is 10.1. The first kappa shape index (κ1) is 30.8. The molecule has 2 amide bonds. The Morgan fingerprint density at radius 2 is 1.64 bits per heavy atom. The number of allylic oxidation sites excluding steroid dienone is 1. The maximum Gasteiger partial charge on any atom is 0.417 e. The third kappa shape index (κ3) is 8.13. The Kier molecular flexibility index (Phi) is 8.71.